The predicted molar refractivity (Wildman–Crippen MR) is 245 cm³/mol. The molecule has 4 amide bonds. The number of aromatic nitrogens is 3. The largest absolute Gasteiger partial charge is 0.382 e. The van der Waals surface area contributed by atoms with Crippen LogP contribution in [0.4, 0.5) is 17.3 Å². The minimum Gasteiger partial charge on any atom is -0.382 e. The van der Waals surface area contributed by atoms with Crippen molar-refractivity contribution in [1.29, 1.82) is 0 Å². The number of unbranched alkanes of at least 4 members (excludes halogenated alkanes) is 3. The number of aryl methyl sites for hydroxylation is 1. The number of nitrogens with one attached hydrogen (secondary N) is 5. The number of amides is 4. The monoisotopic (exact) mass is 863 g/mol. The van der Waals surface area contributed by atoms with Crippen LogP contribution in [0.2, 0.25) is 0 Å². The highest BCUT2D eigenvalue weighted by molar-refractivity contribution is 6.04. The molecule has 5 rings (SSSR count). The molecule has 2 heterocycles. The van der Waals surface area contributed by atoms with Crippen molar-refractivity contribution in [1.82, 2.24) is 30.9 Å². The molecule has 0 aliphatic heterocycles. The average molecular weight is 864 g/mol. The maximum atomic E-state index is 13.1. The Kier molecular flexibility index (Phi) is 19.5. The molecule has 0 saturated heterocycles. The molecule has 3 atom stereocenters. The number of hydrogen-bond acceptors (Lipinski definition) is 10. The first kappa shape index (κ1) is 48.4. The zero-order valence-electron chi connectivity index (χ0n) is 35.5. The predicted octanol–water partition coefficient (Wildman–Crippen LogP) is 6.41. The summed E-state index contributed by atoms with van der Waals surface area (Å²) in [6, 6.07) is 26.0. The highest BCUT2D eigenvalue weighted by Gasteiger charge is 2.28. The van der Waals surface area contributed by atoms with Crippen LogP contribution in [0.1, 0.15) is 79.4 Å². The summed E-state index contributed by atoms with van der Waals surface area (Å²) >= 11 is 0. The van der Waals surface area contributed by atoms with E-state index in [0.717, 1.165) is 52.9 Å². The molecular formula is C47H58ClN9O5. The van der Waals surface area contributed by atoms with E-state index in [1.54, 1.807) is 30.7 Å². The number of benzene rings is 3. The third-order valence-corrected chi connectivity index (χ3v) is 10.0. The van der Waals surface area contributed by atoms with Crippen LogP contribution in [0.3, 0.4) is 0 Å². The standard InChI is InChI=1S/C47H57N9O5.ClH/c1-31(2)26-41(54-46(61)43(58)38(48)27-33-12-7-6-8-13-33)45(60)50-24-10-5-4-9-15-42(57)52-29-34-17-19-35(20-18-34)44(59)53-37-21-16-32(3)40(28-37)56-47-51-25-22-39(55-47)36-14-11-23-49-30-36;/h6-8,11-14,16-23,25,28,30-31,38,41,43,58H,4-5,9-10,15,24,26-27,29,48H2,1-3H3,(H,50,60)(H,52,57)(H,53,59)(H,54,61)(H,51,55,56);1H/t38-,41+,43+;/m1./s1. The number of nitrogens with zero attached hydrogens (tertiary/aromatic N) is 3. The van der Waals surface area contributed by atoms with Crippen LogP contribution >= 0.6 is 12.4 Å². The quantitative estimate of drug-likeness (QED) is 0.0380. The van der Waals surface area contributed by atoms with Gasteiger partial charge in [0.15, 0.2) is 0 Å². The number of pyridine rings is 1. The lowest BCUT2D eigenvalue weighted by Crippen LogP contribution is -2.54. The second kappa shape index (κ2) is 24.9. The second-order valence-electron chi connectivity index (χ2n) is 15.5. The lowest BCUT2D eigenvalue weighted by molar-refractivity contribution is -0.135. The SMILES string of the molecule is Cc1ccc(NC(=O)c2ccc(CNC(=O)CCCCCCNC(=O)[C@H](CC(C)C)NC(=O)[C@@H](O)[C@H](N)Cc3ccccc3)cc2)cc1Nc1nccc(-c2cccnc2)n1.Cl. The molecule has 0 unspecified atom stereocenters. The first-order valence-corrected chi connectivity index (χ1v) is 20.8. The third kappa shape index (κ3) is 15.7. The fourth-order valence-corrected chi connectivity index (χ4v) is 6.57. The van der Waals surface area contributed by atoms with E-state index < -0.39 is 24.1 Å². The van der Waals surface area contributed by atoms with E-state index in [4.69, 9.17) is 5.73 Å². The summed E-state index contributed by atoms with van der Waals surface area (Å²) in [5.41, 5.74) is 12.3. The van der Waals surface area contributed by atoms with Gasteiger partial charge in [-0.3, -0.25) is 24.2 Å². The van der Waals surface area contributed by atoms with Crippen LogP contribution in [0.15, 0.2) is 110 Å². The summed E-state index contributed by atoms with van der Waals surface area (Å²) in [6.07, 6.45) is 7.86. The Labute approximate surface area is 369 Å². The van der Waals surface area contributed by atoms with Gasteiger partial charge in [0.05, 0.1) is 5.69 Å². The van der Waals surface area contributed by atoms with Crippen molar-refractivity contribution in [2.45, 2.75) is 90.4 Å². The zero-order chi connectivity index (χ0) is 43.6. The molecule has 0 spiro atoms. The normalized spacial score (nSPS) is 12.3. The van der Waals surface area contributed by atoms with Crippen molar-refractivity contribution in [3.8, 4) is 11.3 Å². The van der Waals surface area contributed by atoms with Crippen LogP contribution < -0.4 is 32.3 Å². The fourth-order valence-electron chi connectivity index (χ4n) is 6.57. The fraction of sp³-hybridized carbons (Fsp3) is 0.340. The maximum absolute atomic E-state index is 13.1. The Morgan fingerprint density at radius 2 is 1.56 bits per heavy atom. The minimum atomic E-state index is -1.45. The van der Waals surface area contributed by atoms with Crippen LogP contribution in [0, 0.1) is 12.8 Å². The van der Waals surface area contributed by atoms with Gasteiger partial charge in [-0.25, -0.2) is 9.97 Å². The third-order valence-electron chi connectivity index (χ3n) is 10.0. The van der Waals surface area contributed by atoms with Crippen molar-refractivity contribution in [2.75, 3.05) is 17.2 Å². The van der Waals surface area contributed by atoms with Gasteiger partial charge in [-0.05, 0) is 97.7 Å². The average Bonchev–Trinajstić information content (AvgIpc) is 3.26. The topological polar surface area (TPSA) is 213 Å². The summed E-state index contributed by atoms with van der Waals surface area (Å²) in [6.45, 7) is 6.65. The number of aliphatic hydroxyl groups is 1. The molecule has 0 radical (unpaired) electrons. The van der Waals surface area contributed by atoms with Gasteiger partial charge >= 0.3 is 0 Å². The first-order chi connectivity index (χ1) is 29.4. The maximum Gasteiger partial charge on any atom is 0.255 e. The number of halogens is 1. The van der Waals surface area contributed by atoms with Gasteiger partial charge in [-0.2, -0.15) is 0 Å². The molecule has 2 aromatic heterocycles. The van der Waals surface area contributed by atoms with Crippen LogP contribution in [0.5, 0.6) is 0 Å². The molecule has 0 saturated carbocycles. The Bertz CT molecular complexity index is 2190. The van der Waals surface area contributed by atoms with E-state index in [-0.39, 0.29) is 36.0 Å². The van der Waals surface area contributed by atoms with E-state index in [1.807, 2.05) is 99.6 Å². The molecular weight excluding hydrogens is 806 g/mol. The van der Waals surface area contributed by atoms with Gasteiger partial charge in [0.2, 0.25) is 17.8 Å². The molecule has 0 fully saturated rings. The van der Waals surface area contributed by atoms with Gasteiger partial charge in [0.25, 0.3) is 11.8 Å². The Hall–Kier alpha value is -6.22. The summed E-state index contributed by atoms with van der Waals surface area (Å²) < 4.78 is 0. The lowest BCUT2D eigenvalue weighted by Gasteiger charge is -2.24. The smallest absolute Gasteiger partial charge is 0.255 e. The van der Waals surface area contributed by atoms with Crippen molar-refractivity contribution in [3.05, 3.63) is 132 Å². The number of nitrogens with two attached hydrogens (primary N) is 1. The van der Waals surface area contributed by atoms with Crippen LogP contribution in [-0.4, -0.2) is 68.4 Å². The van der Waals surface area contributed by atoms with E-state index >= 15 is 0 Å². The molecule has 8 N–H and O–H groups in total. The summed E-state index contributed by atoms with van der Waals surface area (Å²) in [5, 5.41) is 25.3. The van der Waals surface area contributed by atoms with Crippen molar-refractivity contribution in [2.24, 2.45) is 11.7 Å². The molecule has 3 aromatic carbocycles. The highest BCUT2D eigenvalue weighted by Crippen LogP contribution is 2.25. The van der Waals surface area contributed by atoms with Crippen LogP contribution in [0.25, 0.3) is 11.3 Å². The van der Waals surface area contributed by atoms with Gasteiger partial charge in [-0.15, -0.1) is 12.4 Å². The Morgan fingerprint density at radius 1 is 0.806 bits per heavy atom. The Balaban J connectivity index is 0.00000845. The second-order valence-corrected chi connectivity index (χ2v) is 15.5. The van der Waals surface area contributed by atoms with E-state index in [0.29, 0.717) is 56.0 Å². The first-order valence-electron chi connectivity index (χ1n) is 20.8. The molecule has 0 aliphatic carbocycles. The Morgan fingerprint density at radius 3 is 2.29 bits per heavy atom. The number of rotatable bonds is 22. The van der Waals surface area contributed by atoms with Crippen molar-refractivity contribution < 1.29 is 24.3 Å². The van der Waals surface area contributed by atoms with Gasteiger partial charge < -0.3 is 37.4 Å². The zero-order valence-corrected chi connectivity index (χ0v) is 36.3. The molecule has 0 aliphatic rings. The number of hydrogen-bond donors (Lipinski definition) is 7. The van der Waals surface area contributed by atoms with E-state index in [1.165, 1.54) is 0 Å². The molecule has 15 heteroatoms. The molecule has 328 valence electrons. The van der Waals surface area contributed by atoms with Gasteiger partial charge in [0, 0.05) is 66.6 Å². The minimum absolute atomic E-state index is 0. The molecule has 0 bridgehead atoms. The van der Waals surface area contributed by atoms with E-state index in [2.05, 4.69) is 41.5 Å². The lowest BCUT2D eigenvalue weighted by atomic mass is 9.99. The van der Waals surface area contributed by atoms with Crippen molar-refractivity contribution in [3.63, 3.8) is 0 Å². The number of anilines is 3. The summed E-state index contributed by atoms with van der Waals surface area (Å²) in [4.78, 5) is 64.6. The van der Waals surface area contributed by atoms with Crippen LogP contribution in [-0.2, 0) is 27.3 Å². The summed E-state index contributed by atoms with van der Waals surface area (Å²) in [7, 11) is 0. The molecule has 14 nitrogen and oxygen atoms in total. The van der Waals surface area contributed by atoms with E-state index in [9.17, 15) is 24.3 Å². The summed E-state index contributed by atoms with van der Waals surface area (Å²) in [5.74, 6) is -0.741. The van der Waals surface area contributed by atoms with Gasteiger partial charge in [-0.1, -0.05) is 75.2 Å². The number of carbonyl (C=O) groups excluding carboxylic acids is 4. The molecule has 5 aromatic rings. The number of aliphatic hydroxyl groups excluding tert-OH is 1. The van der Waals surface area contributed by atoms with Crippen molar-refractivity contribution >= 4 is 53.4 Å². The highest BCUT2D eigenvalue weighted by atomic mass is 35.5. The number of carbonyl (C=O) groups is 4. The van der Waals surface area contributed by atoms with Gasteiger partial charge in [0.1, 0.15) is 12.1 Å². The molecule has 62 heavy (non-hydrogen) atoms.